The van der Waals surface area contributed by atoms with Crippen molar-refractivity contribution in [1.82, 2.24) is 14.8 Å². The Morgan fingerprint density at radius 3 is 2.75 bits per heavy atom. The number of benzene rings is 2. The zero-order chi connectivity index (χ0) is 20.1. The number of nitrogens with one attached hydrogen (secondary N) is 1. The Morgan fingerprint density at radius 2 is 2.00 bits per heavy atom. The molecule has 0 saturated carbocycles. The fraction of sp³-hybridized carbons (Fsp3) is 0.211. The van der Waals surface area contributed by atoms with Crippen LogP contribution in [-0.4, -0.2) is 26.4 Å². The molecule has 3 rings (SSSR count). The molecule has 0 unspecified atom stereocenters. The maximum Gasteiger partial charge on any atom is 0.234 e. The van der Waals surface area contributed by atoms with Gasteiger partial charge in [0, 0.05) is 22.2 Å². The number of aromatic nitrogens is 3. The number of rotatable bonds is 7. The third-order valence-corrected chi connectivity index (χ3v) is 5.94. The summed E-state index contributed by atoms with van der Waals surface area (Å²) >= 11 is 10.8. The second kappa shape index (κ2) is 9.45. The Bertz CT molecular complexity index is 979. The lowest BCUT2D eigenvalue weighted by atomic mass is 10.2. The highest BCUT2D eigenvalue weighted by Crippen LogP contribution is 2.24. The summed E-state index contributed by atoms with van der Waals surface area (Å²) in [6, 6.07) is 13.0. The first-order valence-electron chi connectivity index (χ1n) is 8.38. The van der Waals surface area contributed by atoms with Crippen molar-refractivity contribution in [1.29, 1.82) is 0 Å². The summed E-state index contributed by atoms with van der Waals surface area (Å²) < 4.78 is 8.54. The first-order valence-corrected chi connectivity index (χ1v) is 10.5. The molecule has 0 bridgehead atoms. The van der Waals surface area contributed by atoms with Crippen LogP contribution in [0.5, 0.6) is 5.75 Å². The minimum atomic E-state index is -0.133. The lowest BCUT2D eigenvalue weighted by Gasteiger charge is -2.09. The summed E-state index contributed by atoms with van der Waals surface area (Å²) in [5.41, 5.74) is 1.55. The first kappa shape index (κ1) is 20.7. The van der Waals surface area contributed by atoms with E-state index in [0.29, 0.717) is 28.3 Å². The van der Waals surface area contributed by atoms with E-state index in [9.17, 15) is 4.79 Å². The van der Waals surface area contributed by atoms with Gasteiger partial charge in [-0.05, 0) is 48.9 Å². The van der Waals surface area contributed by atoms with Gasteiger partial charge in [0.25, 0.3) is 0 Å². The van der Waals surface area contributed by atoms with Crippen molar-refractivity contribution in [3.8, 4) is 5.75 Å². The van der Waals surface area contributed by atoms with Gasteiger partial charge in [-0.2, -0.15) is 0 Å². The lowest BCUT2D eigenvalue weighted by Crippen LogP contribution is -2.15. The van der Waals surface area contributed by atoms with E-state index in [2.05, 4.69) is 31.4 Å². The lowest BCUT2D eigenvalue weighted by molar-refractivity contribution is -0.113. The summed E-state index contributed by atoms with van der Waals surface area (Å²) in [6.07, 6.45) is 0. The molecule has 0 aliphatic rings. The highest BCUT2D eigenvalue weighted by Gasteiger charge is 2.13. The van der Waals surface area contributed by atoms with Crippen molar-refractivity contribution < 1.29 is 9.53 Å². The molecule has 0 aliphatic heterocycles. The van der Waals surface area contributed by atoms with Crippen LogP contribution in [0.2, 0.25) is 5.02 Å². The monoisotopic (exact) mass is 480 g/mol. The molecule has 1 heterocycles. The standard InChI is InChI=1S/C19H18BrClN4O2S/c1-12-15(21)4-3-5-16(12)22-18(26)11-28-19-24-23-17(25(19)2)10-27-14-8-6-13(20)7-9-14/h3-9H,10-11H2,1-2H3,(H,22,26). The number of nitrogens with zero attached hydrogens (tertiary/aromatic N) is 3. The van der Waals surface area contributed by atoms with Gasteiger partial charge in [-0.1, -0.05) is 45.4 Å². The molecular weight excluding hydrogens is 464 g/mol. The maximum absolute atomic E-state index is 12.2. The Hall–Kier alpha value is -2.03. The van der Waals surface area contributed by atoms with Gasteiger partial charge in [-0.3, -0.25) is 4.79 Å². The summed E-state index contributed by atoms with van der Waals surface area (Å²) in [6.45, 7) is 2.16. The van der Waals surface area contributed by atoms with Crippen LogP contribution in [-0.2, 0) is 18.4 Å². The predicted molar refractivity (Wildman–Crippen MR) is 115 cm³/mol. The predicted octanol–water partition coefficient (Wildman–Crippen LogP) is 4.85. The zero-order valence-electron chi connectivity index (χ0n) is 15.3. The number of ether oxygens (including phenoxy) is 1. The molecule has 0 atom stereocenters. The molecule has 0 aliphatic carbocycles. The summed E-state index contributed by atoms with van der Waals surface area (Å²) in [5.74, 6) is 1.50. The quantitative estimate of drug-likeness (QED) is 0.489. The van der Waals surface area contributed by atoms with Crippen molar-refractivity contribution in [2.24, 2.45) is 7.05 Å². The average molecular weight is 482 g/mol. The van der Waals surface area contributed by atoms with Crippen molar-refractivity contribution in [2.45, 2.75) is 18.7 Å². The number of halogens is 2. The average Bonchev–Trinajstić information content (AvgIpc) is 3.03. The SMILES string of the molecule is Cc1c(Cl)cccc1NC(=O)CSc1nnc(COc2ccc(Br)cc2)n1C. The molecule has 0 fully saturated rings. The molecule has 1 N–H and O–H groups in total. The van der Waals surface area contributed by atoms with Crippen LogP contribution in [0.1, 0.15) is 11.4 Å². The van der Waals surface area contributed by atoms with E-state index in [-0.39, 0.29) is 11.7 Å². The molecule has 1 amide bonds. The third-order valence-electron chi connectivity index (χ3n) is 3.98. The van der Waals surface area contributed by atoms with Gasteiger partial charge in [-0.15, -0.1) is 10.2 Å². The van der Waals surface area contributed by atoms with E-state index in [1.54, 1.807) is 12.1 Å². The van der Waals surface area contributed by atoms with E-state index >= 15 is 0 Å². The van der Waals surface area contributed by atoms with Crippen LogP contribution >= 0.6 is 39.3 Å². The molecule has 1 aromatic heterocycles. The fourth-order valence-corrected chi connectivity index (χ4v) is 3.50. The second-order valence-corrected chi connectivity index (χ2v) is 8.22. The number of amides is 1. The molecule has 2 aromatic carbocycles. The van der Waals surface area contributed by atoms with Crippen LogP contribution in [0.4, 0.5) is 5.69 Å². The normalized spacial score (nSPS) is 10.7. The number of anilines is 1. The highest BCUT2D eigenvalue weighted by molar-refractivity contribution is 9.10. The number of hydrogen-bond donors (Lipinski definition) is 1. The van der Waals surface area contributed by atoms with Crippen LogP contribution in [0.3, 0.4) is 0 Å². The second-order valence-electron chi connectivity index (χ2n) is 5.95. The Morgan fingerprint density at radius 1 is 1.25 bits per heavy atom. The van der Waals surface area contributed by atoms with Gasteiger partial charge < -0.3 is 14.6 Å². The molecule has 0 radical (unpaired) electrons. The summed E-state index contributed by atoms with van der Waals surface area (Å²) in [4.78, 5) is 12.2. The van der Waals surface area contributed by atoms with Crippen molar-refractivity contribution in [3.05, 3.63) is 63.3 Å². The van der Waals surface area contributed by atoms with Gasteiger partial charge >= 0.3 is 0 Å². The summed E-state index contributed by atoms with van der Waals surface area (Å²) in [5, 5.41) is 12.4. The van der Waals surface area contributed by atoms with Crippen LogP contribution in [0, 0.1) is 6.92 Å². The smallest absolute Gasteiger partial charge is 0.234 e. The number of carbonyl (C=O) groups excluding carboxylic acids is 1. The van der Waals surface area contributed by atoms with Crippen molar-refractivity contribution in [3.63, 3.8) is 0 Å². The first-order chi connectivity index (χ1) is 13.4. The number of hydrogen-bond acceptors (Lipinski definition) is 5. The van der Waals surface area contributed by atoms with Crippen molar-refractivity contribution in [2.75, 3.05) is 11.1 Å². The van der Waals surface area contributed by atoms with E-state index < -0.39 is 0 Å². The molecule has 3 aromatic rings. The van der Waals surface area contributed by atoms with Crippen LogP contribution in [0.15, 0.2) is 52.1 Å². The highest BCUT2D eigenvalue weighted by atomic mass is 79.9. The molecule has 28 heavy (non-hydrogen) atoms. The minimum Gasteiger partial charge on any atom is -0.486 e. The zero-order valence-corrected chi connectivity index (χ0v) is 18.4. The van der Waals surface area contributed by atoms with Crippen LogP contribution in [0.25, 0.3) is 0 Å². The number of thioether (sulfide) groups is 1. The molecule has 6 nitrogen and oxygen atoms in total. The van der Waals surface area contributed by atoms with Gasteiger partial charge in [0.15, 0.2) is 11.0 Å². The summed E-state index contributed by atoms with van der Waals surface area (Å²) in [7, 11) is 1.85. The van der Waals surface area contributed by atoms with Crippen LogP contribution < -0.4 is 10.1 Å². The van der Waals surface area contributed by atoms with E-state index in [0.717, 1.165) is 15.8 Å². The molecule has 146 valence electrons. The molecule has 0 saturated heterocycles. The van der Waals surface area contributed by atoms with Gasteiger partial charge in [0.05, 0.1) is 5.75 Å². The van der Waals surface area contributed by atoms with Gasteiger partial charge in [0.2, 0.25) is 5.91 Å². The largest absolute Gasteiger partial charge is 0.486 e. The maximum atomic E-state index is 12.2. The van der Waals surface area contributed by atoms with E-state index in [1.165, 1.54) is 11.8 Å². The molecule has 0 spiro atoms. The topological polar surface area (TPSA) is 69.0 Å². The Kier molecular flexibility index (Phi) is 6.98. The Labute approximate surface area is 180 Å². The van der Waals surface area contributed by atoms with Gasteiger partial charge in [0.1, 0.15) is 12.4 Å². The van der Waals surface area contributed by atoms with Gasteiger partial charge in [-0.25, -0.2) is 0 Å². The molecule has 9 heteroatoms. The Balaban J connectivity index is 1.54. The third kappa shape index (κ3) is 5.27. The van der Waals surface area contributed by atoms with Crippen molar-refractivity contribution >= 4 is 50.9 Å². The minimum absolute atomic E-state index is 0.133. The fourth-order valence-electron chi connectivity index (χ4n) is 2.33. The molecular formula is C19H18BrClN4O2S. The van der Waals surface area contributed by atoms with E-state index in [1.807, 2.05) is 48.9 Å². The number of carbonyl (C=O) groups is 1. The van der Waals surface area contributed by atoms with E-state index in [4.69, 9.17) is 16.3 Å².